The van der Waals surface area contributed by atoms with E-state index in [0.29, 0.717) is 13.0 Å². The molecule has 1 aromatic carbocycles. The Morgan fingerprint density at radius 1 is 1.09 bits per heavy atom. The van der Waals surface area contributed by atoms with Crippen molar-refractivity contribution < 1.29 is 9.59 Å². The zero-order chi connectivity index (χ0) is 16.2. The van der Waals surface area contributed by atoms with Gasteiger partial charge in [-0.2, -0.15) is 0 Å². The first kappa shape index (κ1) is 15.2. The molecular weight excluding hydrogens is 290 g/mol. The minimum absolute atomic E-state index is 0.0608. The summed E-state index contributed by atoms with van der Waals surface area (Å²) in [5, 5.41) is 2.77. The molecule has 0 spiro atoms. The second kappa shape index (κ2) is 6.60. The molecule has 5 heteroatoms. The molecule has 3 rings (SSSR count). The van der Waals surface area contributed by atoms with Gasteiger partial charge in [-0.05, 0) is 24.1 Å². The van der Waals surface area contributed by atoms with Crippen molar-refractivity contribution in [1.82, 2.24) is 15.2 Å². The van der Waals surface area contributed by atoms with Crippen LogP contribution in [0.25, 0.3) is 0 Å². The fourth-order valence-electron chi connectivity index (χ4n) is 2.83. The van der Waals surface area contributed by atoms with Crippen LogP contribution in [-0.4, -0.2) is 33.8 Å². The maximum absolute atomic E-state index is 12.6. The molecule has 1 aliphatic heterocycles. The van der Waals surface area contributed by atoms with Crippen molar-refractivity contribution in [3.63, 3.8) is 0 Å². The number of pyridine rings is 1. The van der Waals surface area contributed by atoms with Gasteiger partial charge in [0.25, 0.3) is 0 Å². The van der Waals surface area contributed by atoms with Gasteiger partial charge in [-0.1, -0.05) is 36.4 Å². The molecule has 0 radical (unpaired) electrons. The Morgan fingerprint density at radius 2 is 1.83 bits per heavy atom. The van der Waals surface area contributed by atoms with Gasteiger partial charge in [0.15, 0.2) is 0 Å². The van der Waals surface area contributed by atoms with Gasteiger partial charge in [0.05, 0.1) is 0 Å². The van der Waals surface area contributed by atoms with Crippen molar-refractivity contribution in [2.75, 3.05) is 0 Å². The fourth-order valence-corrected chi connectivity index (χ4v) is 2.83. The lowest BCUT2D eigenvalue weighted by molar-refractivity contribution is -0.149. The molecule has 5 nitrogen and oxygen atoms in total. The smallest absolute Gasteiger partial charge is 0.245 e. The number of rotatable bonds is 4. The first-order chi connectivity index (χ1) is 11.1. The number of carbonyl (C=O) groups is 2. The van der Waals surface area contributed by atoms with E-state index in [9.17, 15) is 9.59 Å². The van der Waals surface area contributed by atoms with Gasteiger partial charge in [0, 0.05) is 25.4 Å². The summed E-state index contributed by atoms with van der Waals surface area (Å²) < 4.78 is 0. The zero-order valence-corrected chi connectivity index (χ0v) is 13.0. The first-order valence-electron chi connectivity index (χ1n) is 7.69. The molecule has 1 fully saturated rings. The molecule has 2 heterocycles. The molecule has 1 saturated heterocycles. The summed E-state index contributed by atoms with van der Waals surface area (Å²) in [6, 6.07) is 12.5. The molecule has 0 bridgehead atoms. The number of hydrogen-bond acceptors (Lipinski definition) is 3. The largest absolute Gasteiger partial charge is 0.343 e. The van der Waals surface area contributed by atoms with Crippen molar-refractivity contribution in [2.24, 2.45) is 0 Å². The lowest BCUT2D eigenvalue weighted by atomic mass is 9.99. The van der Waals surface area contributed by atoms with Crippen LogP contribution in [0.4, 0.5) is 0 Å². The normalized spacial score (nSPS) is 21.2. The van der Waals surface area contributed by atoms with Crippen LogP contribution in [0, 0.1) is 0 Å². The molecule has 0 aliphatic carbocycles. The summed E-state index contributed by atoms with van der Waals surface area (Å²) in [5.74, 6) is -0.167. The highest BCUT2D eigenvalue weighted by Crippen LogP contribution is 2.18. The van der Waals surface area contributed by atoms with E-state index >= 15 is 0 Å². The van der Waals surface area contributed by atoms with Crippen LogP contribution in [0.5, 0.6) is 0 Å². The summed E-state index contributed by atoms with van der Waals surface area (Å²) in [7, 11) is 0. The van der Waals surface area contributed by atoms with Crippen molar-refractivity contribution in [1.29, 1.82) is 0 Å². The Morgan fingerprint density at radius 3 is 2.52 bits per heavy atom. The first-order valence-corrected chi connectivity index (χ1v) is 7.69. The number of amides is 2. The number of piperazine rings is 1. The van der Waals surface area contributed by atoms with Gasteiger partial charge >= 0.3 is 0 Å². The van der Waals surface area contributed by atoms with Gasteiger partial charge in [-0.15, -0.1) is 0 Å². The molecule has 2 atom stereocenters. The molecule has 1 aliphatic rings. The van der Waals surface area contributed by atoms with E-state index in [1.54, 1.807) is 24.2 Å². The average molecular weight is 309 g/mol. The standard InChI is InChI=1S/C18H19N3O2/c1-13-18(23)21(12-15-8-5-9-19-11-15)16(17(22)20-13)10-14-6-3-2-4-7-14/h2-9,11,13,16H,10,12H2,1H3,(H,20,22)/t13-,16-/m0/s1. The Balaban J connectivity index is 1.86. The molecular formula is C18H19N3O2. The predicted molar refractivity (Wildman–Crippen MR) is 86.3 cm³/mol. The minimum atomic E-state index is -0.499. The van der Waals surface area contributed by atoms with Gasteiger partial charge < -0.3 is 10.2 Å². The van der Waals surface area contributed by atoms with E-state index < -0.39 is 12.1 Å². The van der Waals surface area contributed by atoms with E-state index in [1.807, 2.05) is 42.5 Å². The van der Waals surface area contributed by atoms with E-state index in [-0.39, 0.29) is 11.8 Å². The fraction of sp³-hybridized carbons (Fsp3) is 0.278. The summed E-state index contributed by atoms with van der Waals surface area (Å²) in [5.41, 5.74) is 1.95. The topological polar surface area (TPSA) is 62.3 Å². The predicted octanol–water partition coefficient (Wildman–Crippen LogP) is 1.54. The number of nitrogens with zero attached hydrogens (tertiary/aromatic N) is 2. The quantitative estimate of drug-likeness (QED) is 0.932. The number of carbonyl (C=O) groups excluding carboxylic acids is 2. The molecule has 118 valence electrons. The Hall–Kier alpha value is -2.69. The van der Waals surface area contributed by atoms with Crippen molar-refractivity contribution in [3.05, 3.63) is 66.0 Å². The number of nitrogens with one attached hydrogen (secondary N) is 1. The third kappa shape index (κ3) is 3.39. The van der Waals surface area contributed by atoms with Crippen LogP contribution in [0.15, 0.2) is 54.9 Å². The van der Waals surface area contributed by atoms with Gasteiger partial charge in [0.1, 0.15) is 12.1 Å². The molecule has 23 heavy (non-hydrogen) atoms. The molecule has 1 aromatic heterocycles. The second-order valence-electron chi connectivity index (χ2n) is 5.76. The summed E-state index contributed by atoms with van der Waals surface area (Å²) in [6.45, 7) is 2.11. The van der Waals surface area contributed by atoms with E-state index in [2.05, 4.69) is 10.3 Å². The molecule has 0 saturated carbocycles. The van der Waals surface area contributed by atoms with Crippen LogP contribution in [0.2, 0.25) is 0 Å². The second-order valence-corrected chi connectivity index (χ2v) is 5.76. The van der Waals surface area contributed by atoms with E-state index in [1.165, 1.54) is 0 Å². The Kier molecular flexibility index (Phi) is 4.37. The third-order valence-corrected chi connectivity index (χ3v) is 4.04. The lowest BCUT2D eigenvalue weighted by Gasteiger charge is -2.38. The molecule has 2 aromatic rings. The average Bonchev–Trinajstić information content (AvgIpc) is 2.58. The number of benzene rings is 1. The van der Waals surface area contributed by atoms with Crippen LogP contribution < -0.4 is 5.32 Å². The van der Waals surface area contributed by atoms with Crippen molar-refractivity contribution in [3.8, 4) is 0 Å². The van der Waals surface area contributed by atoms with Crippen LogP contribution in [0.3, 0.4) is 0 Å². The monoisotopic (exact) mass is 309 g/mol. The minimum Gasteiger partial charge on any atom is -0.343 e. The maximum Gasteiger partial charge on any atom is 0.245 e. The number of hydrogen-bond donors (Lipinski definition) is 1. The van der Waals surface area contributed by atoms with Gasteiger partial charge in [-0.25, -0.2) is 0 Å². The van der Waals surface area contributed by atoms with Crippen LogP contribution >= 0.6 is 0 Å². The lowest BCUT2D eigenvalue weighted by Crippen LogP contribution is -2.62. The van der Waals surface area contributed by atoms with E-state index in [0.717, 1.165) is 11.1 Å². The summed E-state index contributed by atoms with van der Waals surface area (Å²) in [4.78, 5) is 30.7. The SMILES string of the molecule is C[C@@H]1NC(=O)[C@H](Cc2ccccc2)N(Cc2cccnc2)C1=O. The van der Waals surface area contributed by atoms with E-state index in [4.69, 9.17) is 0 Å². The highest BCUT2D eigenvalue weighted by Gasteiger charge is 2.38. The van der Waals surface area contributed by atoms with Crippen LogP contribution in [-0.2, 0) is 22.6 Å². The van der Waals surface area contributed by atoms with Crippen molar-refractivity contribution in [2.45, 2.75) is 32.0 Å². The highest BCUT2D eigenvalue weighted by molar-refractivity contribution is 5.96. The number of aromatic nitrogens is 1. The Labute approximate surface area is 135 Å². The highest BCUT2D eigenvalue weighted by atomic mass is 16.2. The zero-order valence-electron chi connectivity index (χ0n) is 13.0. The summed E-state index contributed by atoms with van der Waals surface area (Å²) in [6.07, 6.45) is 3.92. The van der Waals surface area contributed by atoms with Gasteiger partial charge in [-0.3, -0.25) is 14.6 Å². The van der Waals surface area contributed by atoms with Gasteiger partial charge in [0.2, 0.25) is 11.8 Å². The molecule has 0 unspecified atom stereocenters. The Bertz CT molecular complexity index is 688. The molecule has 1 N–H and O–H groups in total. The maximum atomic E-state index is 12.6. The van der Waals surface area contributed by atoms with Crippen molar-refractivity contribution >= 4 is 11.8 Å². The van der Waals surface area contributed by atoms with Crippen LogP contribution in [0.1, 0.15) is 18.1 Å². The summed E-state index contributed by atoms with van der Waals surface area (Å²) >= 11 is 0. The molecule has 2 amide bonds. The third-order valence-electron chi connectivity index (χ3n) is 4.04.